The van der Waals surface area contributed by atoms with Gasteiger partial charge in [0.15, 0.2) is 0 Å². The quantitative estimate of drug-likeness (QED) is 0.142. The van der Waals surface area contributed by atoms with Gasteiger partial charge in [-0.2, -0.15) is 0 Å². The van der Waals surface area contributed by atoms with Crippen molar-refractivity contribution in [2.24, 2.45) is 0 Å². The molecule has 0 aliphatic heterocycles. The molecule has 10 rings (SSSR count). The molecule has 59 heavy (non-hydrogen) atoms. The van der Waals surface area contributed by atoms with E-state index in [0.29, 0.717) is 0 Å². The molecule has 0 atom stereocenters. The molecule has 10 aromatic rings. The number of anilines is 3. The third-order valence-electron chi connectivity index (χ3n) is 11.3. The Bertz CT molecular complexity index is 3000. The van der Waals surface area contributed by atoms with Crippen LogP contribution in [0.5, 0.6) is 0 Å². The number of hydrogen-bond acceptors (Lipinski definition) is 1. The van der Waals surface area contributed by atoms with E-state index in [9.17, 15) is 0 Å². The van der Waals surface area contributed by atoms with Crippen molar-refractivity contribution >= 4 is 27.8 Å². The lowest BCUT2D eigenvalue weighted by molar-refractivity contribution is 1.28. The van der Waals surface area contributed by atoms with Gasteiger partial charge in [0.25, 0.3) is 0 Å². The fourth-order valence-corrected chi connectivity index (χ4v) is 8.33. The highest BCUT2D eigenvalue weighted by Gasteiger charge is 2.21. The summed E-state index contributed by atoms with van der Waals surface area (Å²) in [6.07, 6.45) is 0. The Morgan fingerprint density at radius 3 is 1.24 bits per heavy atom. The largest absolute Gasteiger partial charge is 0.310 e. The SMILES string of the molecule is c1ccc(-c2ccc(N(c3ccc(-c4ccc5ccccc5c4)cc3)c3ccccc3-c3ccccc3-c3cc(-c4ccccc4)ccc3-c3ccccc3)cc2)cc1. The lowest BCUT2D eigenvalue weighted by atomic mass is 9.87. The van der Waals surface area contributed by atoms with Crippen molar-refractivity contribution in [3.05, 3.63) is 249 Å². The molecule has 278 valence electrons. The number of rotatable bonds is 9. The van der Waals surface area contributed by atoms with Gasteiger partial charge in [0.1, 0.15) is 0 Å². The summed E-state index contributed by atoms with van der Waals surface area (Å²) in [7, 11) is 0. The predicted molar refractivity (Wildman–Crippen MR) is 251 cm³/mol. The molecule has 10 aromatic carbocycles. The van der Waals surface area contributed by atoms with Crippen LogP contribution in [-0.4, -0.2) is 0 Å². The number of para-hydroxylation sites is 1. The average molecular weight is 752 g/mol. The molecule has 0 N–H and O–H groups in total. The number of benzene rings is 10. The highest BCUT2D eigenvalue weighted by atomic mass is 15.1. The second-order valence-corrected chi connectivity index (χ2v) is 14.9. The lowest BCUT2D eigenvalue weighted by Gasteiger charge is -2.29. The van der Waals surface area contributed by atoms with E-state index in [1.807, 2.05) is 0 Å². The molecular weight excluding hydrogens is 711 g/mol. The third kappa shape index (κ3) is 7.23. The summed E-state index contributed by atoms with van der Waals surface area (Å²) >= 11 is 0. The maximum Gasteiger partial charge on any atom is 0.0540 e. The summed E-state index contributed by atoms with van der Waals surface area (Å²) in [6, 6.07) is 89.9. The van der Waals surface area contributed by atoms with Gasteiger partial charge in [0.05, 0.1) is 5.69 Å². The summed E-state index contributed by atoms with van der Waals surface area (Å²) in [6.45, 7) is 0. The molecule has 0 amide bonds. The van der Waals surface area contributed by atoms with Gasteiger partial charge in [-0.3, -0.25) is 0 Å². The van der Waals surface area contributed by atoms with Crippen LogP contribution < -0.4 is 4.90 Å². The fourth-order valence-electron chi connectivity index (χ4n) is 8.33. The Hall–Kier alpha value is -7.74. The highest BCUT2D eigenvalue weighted by molar-refractivity contribution is 5.98. The van der Waals surface area contributed by atoms with Crippen molar-refractivity contribution in [3.8, 4) is 66.8 Å². The predicted octanol–water partition coefficient (Wildman–Crippen LogP) is 16.3. The van der Waals surface area contributed by atoms with Crippen LogP contribution in [0.15, 0.2) is 249 Å². The van der Waals surface area contributed by atoms with Crippen LogP contribution in [0.4, 0.5) is 17.1 Å². The van der Waals surface area contributed by atoms with Crippen LogP contribution in [0.2, 0.25) is 0 Å². The van der Waals surface area contributed by atoms with E-state index in [1.54, 1.807) is 0 Å². The van der Waals surface area contributed by atoms with E-state index >= 15 is 0 Å². The van der Waals surface area contributed by atoms with Crippen molar-refractivity contribution in [1.82, 2.24) is 0 Å². The molecule has 0 saturated carbocycles. The Morgan fingerprint density at radius 1 is 0.203 bits per heavy atom. The minimum Gasteiger partial charge on any atom is -0.310 e. The van der Waals surface area contributed by atoms with E-state index in [2.05, 4.69) is 254 Å². The van der Waals surface area contributed by atoms with Gasteiger partial charge < -0.3 is 4.90 Å². The minimum atomic E-state index is 1.09. The zero-order valence-corrected chi connectivity index (χ0v) is 32.6. The van der Waals surface area contributed by atoms with Crippen LogP contribution in [0, 0.1) is 0 Å². The van der Waals surface area contributed by atoms with Crippen LogP contribution in [0.1, 0.15) is 0 Å². The molecule has 0 saturated heterocycles. The van der Waals surface area contributed by atoms with Crippen molar-refractivity contribution in [1.29, 1.82) is 0 Å². The van der Waals surface area contributed by atoms with Gasteiger partial charge in [-0.15, -0.1) is 0 Å². The Morgan fingerprint density at radius 2 is 0.610 bits per heavy atom. The number of fused-ring (bicyclic) bond motifs is 1. The van der Waals surface area contributed by atoms with Gasteiger partial charge in [0.2, 0.25) is 0 Å². The average Bonchev–Trinajstić information content (AvgIpc) is 3.33. The molecule has 0 radical (unpaired) electrons. The zero-order chi connectivity index (χ0) is 39.4. The van der Waals surface area contributed by atoms with E-state index in [0.717, 1.165) is 22.6 Å². The highest BCUT2D eigenvalue weighted by Crippen LogP contribution is 2.46. The van der Waals surface area contributed by atoms with Crippen molar-refractivity contribution in [2.75, 3.05) is 4.90 Å². The molecule has 0 aromatic heterocycles. The Kier molecular flexibility index (Phi) is 9.68. The molecule has 0 aliphatic carbocycles. The van der Waals surface area contributed by atoms with Crippen LogP contribution >= 0.6 is 0 Å². The van der Waals surface area contributed by atoms with E-state index in [4.69, 9.17) is 0 Å². The molecule has 0 unspecified atom stereocenters. The number of nitrogens with zero attached hydrogens (tertiary/aromatic N) is 1. The van der Waals surface area contributed by atoms with Crippen molar-refractivity contribution < 1.29 is 0 Å². The van der Waals surface area contributed by atoms with E-state index in [1.165, 1.54) is 72.0 Å². The molecule has 1 nitrogen and oxygen atoms in total. The summed E-state index contributed by atoms with van der Waals surface area (Å²) in [4.78, 5) is 2.41. The summed E-state index contributed by atoms with van der Waals surface area (Å²) in [5.41, 5.74) is 17.5. The smallest absolute Gasteiger partial charge is 0.0540 e. The monoisotopic (exact) mass is 751 g/mol. The lowest BCUT2D eigenvalue weighted by Crippen LogP contribution is -2.11. The zero-order valence-electron chi connectivity index (χ0n) is 32.6. The Balaban J connectivity index is 1.13. The first-order chi connectivity index (χ1) is 29.3. The standard InChI is InChI=1S/C58H41N/c1-4-16-42(17-5-1)45-30-35-51(36-31-45)59(52-37-32-46(33-38-52)49-29-28-44-20-10-11-23-48(44)40-49)58-27-15-14-26-56(58)54-24-12-13-25-55(54)57-41-50(43-18-6-2-7-19-43)34-39-53(57)47-21-8-3-9-22-47/h1-41H. The van der Waals surface area contributed by atoms with Gasteiger partial charge >= 0.3 is 0 Å². The second kappa shape index (κ2) is 16.0. The first-order valence-electron chi connectivity index (χ1n) is 20.3. The molecule has 1 heteroatoms. The number of hydrogen-bond donors (Lipinski definition) is 0. The topological polar surface area (TPSA) is 3.24 Å². The molecule has 0 fully saturated rings. The van der Waals surface area contributed by atoms with Gasteiger partial charge in [-0.05, 0) is 114 Å². The minimum absolute atomic E-state index is 1.09. The van der Waals surface area contributed by atoms with Crippen LogP contribution in [0.3, 0.4) is 0 Å². The second-order valence-electron chi connectivity index (χ2n) is 14.9. The summed E-state index contributed by atoms with van der Waals surface area (Å²) in [5.74, 6) is 0. The molecule has 0 bridgehead atoms. The van der Waals surface area contributed by atoms with Crippen molar-refractivity contribution in [2.45, 2.75) is 0 Å². The normalized spacial score (nSPS) is 11.1. The first-order valence-corrected chi connectivity index (χ1v) is 20.3. The van der Waals surface area contributed by atoms with E-state index in [-0.39, 0.29) is 0 Å². The molecule has 0 spiro atoms. The third-order valence-corrected chi connectivity index (χ3v) is 11.3. The van der Waals surface area contributed by atoms with Gasteiger partial charge in [0, 0.05) is 16.9 Å². The Labute approximate surface area is 346 Å². The van der Waals surface area contributed by atoms with Crippen LogP contribution in [0.25, 0.3) is 77.5 Å². The van der Waals surface area contributed by atoms with Gasteiger partial charge in [-0.25, -0.2) is 0 Å². The summed E-state index contributed by atoms with van der Waals surface area (Å²) in [5, 5.41) is 2.49. The van der Waals surface area contributed by atoms with E-state index < -0.39 is 0 Å². The maximum atomic E-state index is 2.41. The van der Waals surface area contributed by atoms with Gasteiger partial charge in [-0.1, -0.05) is 206 Å². The first kappa shape index (κ1) is 35.7. The van der Waals surface area contributed by atoms with Crippen molar-refractivity contribution in [3.63, 3.8) is 0 Å². The molecular formula is C58H41N. The fraction of sp³-hybridized carbons (Fsp3) is 0. The molecule has 0 heterocycles. The van der Waals surface area contributed by atoms with Crippen LogP contribution in [-0.2, 0) is 0 Å². The molecule has 0 aliphatic rings. The maximum absolute atomic E-state index is 2.41. The summed E-state index contributed by atoms with van der Waals surface area (Å²) < 4.78 is 0.